The topological polar surface area (TPSA) is 68.3 Å². The SMILES string of the molecule is NCCNC(=O)c1ccco1. The zero-order chi connectivity index (χ0) is 8.10. The first kappa shape index (κ1) is 7.81. The van der Waals surface area contributed by atoms with E-state index in [4.69, 9.17) is 10.2 Å². The van der Waals surface area contributed by atoms with E-state index in [1.54, 1.807) is 12.1 Å². The van der Waals surface area contributed by atoms with Gasteiger partial charge in [0.2, 0.25) is 0 Å². The minimum atomic E-state index is -0.222. The molecule has 0 saturated heterocycles. The second-order valence-corrected chi connectivity index (χ2v) is 2.02. The molecule has 1 rings (SSSR count). The van der Waals surface area contributed by atoms with Gasteiger partial charge in [0.25, 0.3) is 5.91 Å². The van der Waals surface area contributed by atoms with Crippen molar-refractivity contribution in [3.05, 3.63) is 24.2 Å². The lowest BCUT2D eigenvalue weighted by Gasteiger charge is -1.98. The second-order valence-electron chi connectivity index (χ2n) is 2.02. The average Bonchev–Trinajstić information content (AvgIpc) is 2.52. The Balaban J connectivity index is 2.43. The zero-order valence-corrected chi connectivity index (χ0v) is 6.04. The van der Waals surface area contributed by atoms with Crippen molar-refractivity contribution in [3.8, 4) is 0 Å². The number of furan rings is 1. The summed E-state index contributed by atoms with van der Waals surface area (Å²) in [7, 11) is 0. The summed E-state index contributed by atoms with van der Waals surface area (Å²) in [4.78, 5) is 11.0. The molecule has 0 aliphatic rings. The molecule has 0 saturated carbocycles. The Labute approximate surface area is 64.4 Å². The van der Waals surface area contributed by atoms with Gasteiger partial charge in [0, 0.05) is 13.1 Å². The van der Waals surface area contributed by atoms with Gasteiger partial charge in [-0.15, -0.1) is 0 Å². The van der Waals surface area contributed by atoms with Gasteiger partial charge in [-0.05, 0) is 12.1 Å². The van der Waals surface area contributed by atoms with Crippen LogP contribution in [0.3, 0.4) is 0 Å². The van der Waals surface area contributed by atoms with Gasteiger partial charge in [-0.1, -0.05) is 0 Å². The molecule has 1 aromatic rings. The number of carbonyl (C=O) groups excluding carboxylic acids is 1. The van der Waals surface area contributed by atoms with Crippen LogP contribution >= 0.6 is 0 Å². The molecule has 0 unspecified atom stereocenters. The fourth-order valence-electron chi connectivity index (χ4n) is 0.681. The Kier molecular flexibility index (Phi) is 2.68. The normalized spacial score (nSPS) is 9.55. The summed E-state index contributed by atoms with van der Waals surface area (Å²) in [6, 6.07) is 3.27. The van der Waals surface area contributed by atoms with Crippen molar-refractivity contribution >= 4 is 5.91 Å². The zero-order valence-electron chi connectivity index (χ0n) is 6.04. The van der Waals surface area contributed by atoms with Gasteiger partial charge in [0.05, 0.1) is 6.26 Å². The lowest BCUT2D eigenvalue weighted by atomic mass is 10.4. The van der Waals surface area contributed by atoms with Gasteiger partial charge in [-0.2, -0.15) is 0 Å². The molecule has 0 spiro atoms. The maximum atomic E-state index is 11.0. The van der Waals surface area contributed by atoms with Crippen molar-refractivity contribution in [1.29, 1.82) is 0 Å². The molecule has 4 nitrogen and oxygen atoms in total. The van der Waals surface area contributed by atoms with Crippen LogP contribution in [0.2, 0.25) is 0 Å². The fourth-order valence-corrected chi connectivity index (χ4v) is 0.681. The van der Waals surface area contributed by atoms with Crippen molar-refractivity contribution in [2.45, 2.75) is 0 Å². The highest BCUT2D eigenvalue weighted by Gasteiger charge is 2.05. The summed E-state index contributed by atoms with van der Waals surface area (Å²) in [6.45, 7) is 0.909. The van der Waals surface area contributed by atoms with E-state index in [9.17, 15) is 4.79 Å². The molecular weight excluding hydrogens is 144 g/mol. The number of rotatable bonds is 3. The minimum absolute atomic E-state index is 0.222. The van der Waals surface area contributed by atoms with Gasteiger partial charge in [-0.3, -0.25) is 4.79 Å². The van der Waals surface area contributed by atoms with E-state index in [2.05, 4.69) is 5.32 Å². The monoisotopic (exact) mass is 154 g/mol. The molecule has 0 aromatic carbocycles. The number of hydrogen-bond donors (Lipinski definition) is 2. The van der Waals surface area contributed by atoms with E-state index in [-0.39, 0.29) is 5.91 Å². The van der Waals surface area contributed by atoms with E-state index in [0.29, 0.717) is 18.8 Å². The van der Waals surface area contributed by atoms with Gasteiger partial charge < -0.3 is 15.5 Å². The van der Waals surface area contributed by atoms with Crippen LogP contribution in [0.5, 0.6) is 0 Å². The Morgan fingerprint density at radius 3 is 3.09 bits per heavy atom. The quantitative estimate of drug-likeness (QED) is 0.642. The highest BCUT2D eigenvalue weighted by Crippen LogP contribution is 1.98. The van der Waals surface area contributed by atoms with Crippen molar-refractivity contribution in [2.75, 3.05) is 13.1 Å². The van der Waals surface area contributed by atoms with E-state index < -0.39 is 0 Å². The maximum Gasteiger partial charge on any atom is 0.287 e. The summed E-state index contributed by atoms with van der Waals surface area (Å²) in [6.07, 6.45) is 1.46. The number of nitrogens with one attached hydrogen (secondary N) is 1. The van der Waals surface area contributed by atoms with Crippen molar-refractivity contribution in [3.63, 3.8) is 0 Å². The predicted molar refractivity (Wildman–Crippen MR) is 40.1 cm³/mol. The van der Waals surface area contributed by atoms with E-state index in [0.717, 1.165) is 0 Å². The molecule has 1 amide bonds. The molecule has 0 aliphatic carbocycles. The highest BCUT2D eigenvalue weighted by atomic mass is 16.3. The van der Waals surface area contributed by atoms with Crippen molar-refractivity contribution in [1.82, 2.24) is 5.32 Å². The van der Waals surface area contributed by atoms with Crippen LogP contribution in [0.15, 0.2) is 22.8 Å². The van der Waals surface area contributed by atoms with Gasteiger partial charge in [0.1, 0.15) is 0 Å². The highest BCUT2D eigenvalue weighted by molar-refractivity contribution is 5.91. The molecule has 0 aliphatic heterocycles. The number of nitrogens with two attached hydrogens (primary N) is 1. The van der Waals surface area contributed by atoms with Crippen LogP contribution in [0.4, 0.5) is 0 Å². The summed E-state index contributed by atoms with van der Waals surface area (Å²) in [5, 5.41) is 2.58. The van der Waals surface area contributed by atoms with Crippen LogP contribution in [-0.4, -0.2) is 19.0 Å². The fraction of sp³-hybridized carbons (Fsp3) is 0.286. The molecule has 0 radical (unpaired) electrons. The third-order valence-corrected chi connectivity index (χ3v) is 1.17. The molecule has 4 heteroatoms. The van der Waals surface area contributed by atoms with Gasteiger partial charge >= 0.3 is 0 Å². The summed E-state index contributed by atoms with van der Waals surface area (Å²) in [5.41, 5.74) is 5.18. The number of carbonyl (C=O) groups is 1. The number of hydrogen-bond acceptors (Lipinski definition) is 3. The third-order valence-electron chi connectivity index (χ3n) is 1.17. The average molecular weight is 154 g/mol. The molecule has 1 aromatic heterocycles. The third kappa shape index (κ3) is 2.09. The molecular formula is C7H10N2O2. The molecule has 1 heterocycles. The van der Waals surface area contributed by atoms with E-state index >= 15 is 0 Å². The maximum absolute atomic E-state index is 11.0. The first-order valence-electron chi connectivity index (χ1n) is 3.36. The first-order chi connectivity index (χ1) is 5.34. The summed E-state index contributed by atoms with van der Waals surface area (Å²) < 4.78 is 4.84. The standard InChI is InChI=1S/C7H10N2O2/c8-3-4-9-7(10)6-2-1-5-11-6/h1-2,5H,3-4,8H2,(H,9,10). The molecule has 0 fully saturated rings. The van der Waals surface area contributed by atoms with E-state index in [1.807, 2.05) is 0 Å². The second kappa shape index (κ2) is 3.78. The molecule has 3 N–H and O–H groups in total. The van der Waals surface area contributed by atoms with Crippen molar-refractivity contribution < 1.29 is 9.21 Å². The molecule has 0 bridgehead atoms. The summed E-state index contributed by atoms with van der Waals surface area (Å²) in [5.74, 6) is 0.0962. The lowest BCUT2D eigenvalue weighted by molar-refractivity contribution is 0.0927. The van der Waals surface area contributed by atoms with Gasteiger partial charge in [-0.25, -0.2) is 0 Å². The largest absolute Gasteiger partial charge is 0.459 e. The van der Waals surface area contributed by atoms with Gasteiger partial charge in [0.15, 0.2) is 5.76 Å². The number of amides is 1. The molecule has 11 heavy (non-hydrogen) atoms. The van der Waals surface area contributed by atoms with Crippen LogP contribution in [0.1, 0.15) is 10.6 Å². The predicted octanol–water partition coefficient (Wildman–Crippen LogP) is -0.0319. The lowest BCUT2D eigenvalue weighted by Crippen LogP contribution is -2.28. The first-order valence-corrected chi connectivity index (χ1v) is 3.36. The Bertz CT molecular complexity index is 218. The molecule has 0 atom stereocenters. The van der Waals surface area contributed by atoms with Crippen LogP contribution in [-0.2, 0) is 0 Å². The van der Waals surface area contributed by atoms with Crippen molar-refractivity contribution in [2.24, 2.45) is 5.73 Å². The summed E-state index contributed by atoms with van der Waals surface area (Å²) >= 11 is 0. The Hall–Kier alpha value is -1.29. The van der Waals surface area contributed by atoms with Crippen LogP contribution < -0.4 is 11.1 Å². The van der Waals surface area contributed by atoms with E-state index in [1.165, 1.54) is 6.26 Å². The van der Waals surface area contributed by atoms with Crippen LogP contribution in [0.25, 0.3) is 0 Å². The van der Waals surface area contributed by atoms with Crippen LogP contribution in [0, 0.1) is 0 Å². The Morgan fingerprint density at radius 2 is 2.55 bits per heavy atom. The minimum Gasteiger partial charge on any atom is -0.459 e. The smallest absolute Gasteiger partial charge is 0.287 e. The Morgan fingerprint density at radius 1 is 1.73 bits per heavy atom. The molecule has 60 valence electrons.